The van der Waals surface area contributed by atoms with Crippen molar-refractivity contribution in [3.63, 3.8) is 0 Å². The molecule has 0 aromatic carbocycles. The number of halogens is 1. The van der Waals surface area contributed by atoms with Crippen molar-refractivity contribution in [2.24, 2.45) is 5.73 Å². The number of hydrogen-bond acceptors (Lipinski definition) is 2. The number of rotatable bonds is 1. The highest BCUT2D eigenvalue weighted by atomic mass is 35.5. The van der Waals surface area contributed by atoms with E-state index in [9.17, 15) is 0 Å². The van der Waals surface area contributed by atoms with Crippen LogP contribution in [0.3, 0.4) is 0 Å². The monoisotopic (exact) mass is 178 g/mol. The van der Waals surface area contributed by atoms with Gasteiger partial charge in [0.2, 0.25) is 0 Å². The third kappa shape index (κ3) is 3.41. The Morgan fingerprint density at radius 3 is 2.45 bits per heavy atom. The van der Waals surface area contributed by atoms with E-state index in [0.29, 0.717) is 12.1 Å². The Hall–Kier alpha value is 0.210. The average Bonchev–Trinajstić information content (AvgIpc) is 1.88. The summed E-state index contributed by atoms with van der Waals surface area (Å²) in [7, 11) is 0. The predicted octanol–water partition coefficient (Wildman–Crippen LogP) is 1.24. The quantitative estimate of drug-likeness (QED) is 0.655. The fourth-order valence-electron chi connectivity index (χ4n) is 1.51. The van der Waals surface area contributed by atoms with Crippen LogP contribution in [0.2, 0.25) is 0 Å². The smallest absolute Gasteiger partial charge is 0.0168 e. The molecular weight excluding hydrogens is 160 g/mol. The molecule has 1 atom stereocenters. The van der Waals surface area contributed by atoms with E-state index in [-0.39, 0.29) is 12.4 Å². The van der Waals surface area contributed by atoms with Crippen LogP contribution in [-0.2, 0) is 0 Å². The molecule has 0 aliphatic carbocycles. The van der Waals surface area contributed by atoms with Crippen molar-refractivity contribution in [2.45, 2.75) is 38.8 Å². The molecule has 0 aromatic rings. The molecule has 1 aliphatic heterocycles. The van der Waals surface area contributed by atoms with Crippen molar-refractivity contribution in [1.82, 2.24) is 4.90 Å². The van der Waals surface area contributed by atoms with Gasteiger partial charge in [-0.05, 0) is 33.2 Å². The lowest BCUT2D eigenvalue weighted by Gasteiger charge is -2.33. The lowest BCUT2D eigenvalue weighted by molar-refractivity contribution is 0.169. The van der Waals surface area contributed by atoms with E-state index in [4.69, 9.17) is 5.73 Å². The van der Waals surface area contributed by atoms with Gasteiger partial charge in [-0.1, -0.05) is 0 Å². The number of piperidine rings is 1. The summed E-state index contributed by atoms with van der Waals surface area (Å²) in [5.74, 6) is 0. The molecule has 0 amide bonds. The lowest BCUT2D eigenvalue weighted by Crippen LogP contribution is -2.45. The van der Waals surface area contributed by atoms with Crippen LogP contribution in [-0.4, -0.2) is 30.1 Å². The summed E-state index contributed by atoms with van der Waals surface area (Å²) in [6.07, 6.45) is 2.49. The number of nitrogens with two attached hydrogens (primary N) is 1. The van der Waals surface area contributed by atoms with Gasteiger partial charge in [-0.15, -0.1) is 12.4 Å². The molecule has 1 aliphatic rings. The van der Waals surface area contributed by atoms with Gasteiger partial charge in [0.15, 0.2) is 0 Å². The van der Waals surface area contributed by atoms with Crippen molar-refractivity contribution >= 4 is 12.4 Å². The molecule has 1 rings (SSSR count). The summed E-state index contributed by atoms with van der Waals surface area (Å²) in [4.78, 5) is 2.45. The first-order valence-electron chi connectivity index (χ1n) is 4.20. The molecule has 68 valence electrons. The summed E-state index contributed by atoms with van der Waals surface area (Å²) in [5.41, 5.74) is 5.82. The molecule has 1 fully saturated rings. The first kappa shape index (κ1) is 11.2. The van der Waals surface area contributed by atoms with Gasteiger partial charge < -0.3 is 5.73 Å². The van der Waals surface area contributed by atoms with E-state index in [1.807, 2.05) is 0 Å². The minimum atomic E-state index is 0. The topological polar surface area (TPSA) is 29.3 Å². The summed E-state index contributed by atoms with van der Waals surface area (Å²) in [6, 6.07) is 1.10. The Morgan fingerprint density at radius 2 is 2.09 bits per heavy atom. The Kier molecular flexibility index (Phi) is 5.06. The third-order valence-corrected chi connectivity index (χ3v) is 2.22. The highest BCUT2D eigenvalue weighted by molar-refractivity contribution is 5.85. The van der Waals surface area contributed by atoms with Gasteiger partial charge in [-0.25, -0.2) is 0 Å². The van der Waals surface area contributed by atoms with Crippen molar-refractivity contribution < 1.29 is 0 Å². The lowest BCUT2D eigenvalue weighted by atomic mass is 10.1. The Balaban J connectivity index is 0.000001000. The van der Waals surface area contributed by atoms with E-state index in [2.05, 4.69) is 18.7 Å². The van der Waals surface area contributed by atoms with Crippen molar-refractivity contribution in [1.29, 1.82) is 0 Å². The molecule has 0 unspecified atom stereocenters. The van der Waals surface area contributed by atoms with E-state index in [1.54, 1.807) is 0 Å². The standard InChI is InChI=1S/C8H18N2.ClH/c1-7(2)10-5-3-4-8(9)6-10;/h7-8H,3-6,9H2,1-2H3;1H/t8-;/m0./s1. The van der Waals surface area contributed by atoms with E-state index in [0.717, 1.165) is 6.54 Å². The van der Waals surface area contributed by atoms with E-state index in [1.165, 1.54) is 19.4 Å². The summed E-state index contributed by atoms with van der Waals surface area (Å²) >= 11 is 0. The predicted molar refractivity (Wildman–Crippen MR) is 51.2 cm³/mol. The van der Waals surface area contributed by atoms with E-state index < -0.39 is 0 Å². The summed E-state index contributed by atoms with van der Waals surface area (Å²) < 4.78 is 0. The largest absolute Gasteiger partial charge is 0.327 e. The first-order valence-corrected chi connectivity index (χ1v) is 4.20. The minimum absolute atomic E-state index is 0. The summed E-state index contributed by atoms with van der Waals surface area (Å²) in [5, 5.41) is 0. The Morgan fingerprint density at radius 1 is 1.45 bits per heavy atom. The van der Waals surface area contributed by atoms with Crippen LogP contribution >= 0.6 is 12.4 Å². The van der Waals surface area contributed by atoms with Crippen LogP contribution in [0, 0.1) is 0 Å². The van der Waals surface area contributed by atoms with Crippen molar-refractivity contribution in [2.75, 3.05) is 13.1 Å². The molecule has 0 spiro atoms. The summed E-state index contributed by atoms with van der Waals surface area (Å²) in [6.45, 7) is 6.80. The van der Waals surface area contributed by atoms with Crippen LogP contribution < -0.4 is 5.73 Å². The van der Waals surface area contributed by atoms with Crippen LogP contribution in [0.15, 0.2) is 0 Å². The maximum absolute atomic E-state index is 5.82. The zero-order valence-electron chi connectivity index (χ0n) is 7.42. The molecule has 1 heterocycles. The van der Waals surface area contributed by atoms with Gasteiger partial charge in [0.25, 0.3) is 0 Å². The zero-order valence-corrected chi connectivity index (χ0v) is 8.23. The minimum Gasteiger partial charge on any atom is -0.327 e. The maximum atomic E-state index is 5.82. The number of likely N-dealkylation sites (tertiary alicyclic amines) is 1. The number of hydrogen-bond donors (Lipinski definition) is 1. The third-order valence-electron chi connectivity index (χ3n) is 2.22. The molecule has 2 nitrogen and oxygen atoms in total. The van der Waals surface area contributed by atoms with Crippen LogP contribution in [0.1, 0.15) is 26.7 Å². The molecule has 0 bridgehead atoms. The van der Waals surface area contributed by atoms with Gasteiger partial charge in [0, 0.05) is 18.6 Å². The molecule has 0 saturated carbocycles. The average molecular weight is 179 g/mol. The van der Waals surface area contributed by atoms with Crippen LogP contribution in [0.4, 0.5) is 0 Å². The number of nitrogens with zero attached hydrogens (tertiary/aromatic N) is 1. The second-order valence-electron chi connectivity index (χ2n) is 3.49. The van der Waals surface area contributed by atoms with Crippen molar-refractivity contribution in [3.05, 3.63) is 0 Å². The Labute approximate surface area is 75.5 Å². The molecule has 1 saturated heterocycles. The fourth-order valence-corrected chi connectivity index (χ4v) is 1.51. The zero-order chi connectivity index (χ0) is 7.56. The van der Waals surface area contributed by atoms with Crippen LogP contribution in [0.5, 0.6) is 0 Å². The molecule has 11 heavy (non-hydrogen) atoms. The second-order valence-corrected chi connectivity index (χ2v) is 3.49. The SMILES string of the molecule is CC(C)N1CCC[C@H](N)C1.Cl. The Bertz CT molecular complexity index is 106. The highest BCUT2D eigenvalue weighted by Crippen LogP contribution is 2.10. The van der Waals surface area contributed by atoms with Gasteiger partial charge >= 0.3 is 0 Å². The van der Waals surface area contributed by atoms with Gasteiger partial charge in [0.1, 0.15) is 0 Å². The molecular formula is C8H19ClN2. The van der Waals surface area contributed by atoms with Gasteiger partial charge in [0.05, 0.1) is 0 Å². The fraction of sp³-hybridized carbons (Fsp3) is 1.00. The molecule has 0 radical (unpaired) electrons. The molecule has 2 N–H and O–H groups in total. The van der Waals surface area contributed by atoms with E-state index >= 15 is 0 Å². The van der Waals surface area contributed by atoms with Gasteiger partial charge in [-0.3, -0.25) is 4.90 Å². The first-order chi connectivity index (χ1) is 4.70. The highest BCUT2D eigenvalue weighted by Gasteiger charge is 2.17. The maximum Gasteiger partial charge on any atom is 0.0168 e. The van der Waals surface area contributed by atoms with Crippen LogP contribution in [0.25, 0.3) is 0 Å². The van der Waals surface area contributed by atoms with Crippen molar-refractivity contribution in [3.8, 4) is 0 Å². The van der Waals surface area contributed by atoms with Gasteiger partial charge in [-0.2, -0.15) is 0 Å². The second kappa shape index (κ2) is 4.96. The normalized spacial score (nSPS) is 26.7. The molecule has 0 aromatic heterocycles. The molecule has 3 heteroatoms.